The fourth-order valence-corrected chi connectivity index (χ4v) is 6.48. The second-order valence-corrected chi connectivity index (χ2v) is 11.3. The van der Waals surface area contributed by atoms with Crippen molar-refractivity contribution in [3.05, 3.63) is 81.8 Å². The number of fused-ring (bicyclic) bond motifs is 1. The van der Waals surface area contributed by atoms with Crippen LogP contribution in [-0.2, 0) is 16.6 Å². The first-order valence-electron chi connectivity index (χ1n) is 10.8. The zero-order valence-electron chi connectivity index (χ0n) is 18.1. The van der Waals surface area contributed by atoms with Gasteiger partial charge >= 0.3 is 0 Å². The summed E-state index contributed by atoms with van der Waals surface area (Å²) in [5.41, 5.74) is 2.69. The molecule has 0 saturated carbocycles. The van der Waals surface area contributed by atoms with Crippen LogP contribution >= 0.6 is 27.5 Å². The topological polar surface area (TPSA) is 92.5 Å². The van der Waals surface area contributed by atoms with E-state index in [0.717, 1.165) is 27.2 Å². The van der Waals surface area contributed by atoms with Crippen LogP contribution < -0.4 is 5.32 Å². The quantitative estimate of drug-likeness (QED) is 0.366. The zero-order chi connectivity index (χ0) is 23.7. The average molecular weight is 562 g/mol. The summed E-state index contributed by atoms with van der Waals surface area (Å²) in [4.78, 5) is 9.16. The lowest BCUT2D eigenvalue weighted by molar-refractivity contribution is 0.317. The van der Waals surface area contributed by atoms with Crippen molar-refractivity contribution < 1.29 is 8.42 Å². The molecule has 0 radical (unpaired) electrons. The minimum absolute atomic E-state index is 0.128. The van der Waals surface area contributed by atoms with Gasteiger partial charge in [-0.1, -0.05) is 29.8 Å². The van der Waals surface area contributed by atoms with Crippen LogP contribution in [0.3, 0.4) is 0 Å². The highest BCUT2D eigenvalue weighted by molar-refractivity contribution is 9.10. The summed E-state index contributed by atoms with van der Waals surface area (Å²) in [5, 5.41) is 8.11. The summed E-state index contributed by atoms with van der Waals surface area (Å²) < 4.78 is 30.3. The summed E-state index contributed by atoms with van der Waals surface area (Å²) in [6, 6.07) is 12.5. The lowest BCUT2D eigenvalue weighted by Crippen LogP contribution is -2.38. The van der Waals surface area contributed by atoms with Gasteiger partial charge in [-0.2, -0.15) is 13.9 Å². The molecular formula is C23H22BrClN6O2S. The number of halogens is 2. The van der Waals surface area contributed by atoms with Gasteiger partial charge in [0.1, 0.15) is 10.7 Å². The first kappa shape index (κ1) is 23.2. The van der Waals surface area contributed by atoms with Crippen LogP contribution in [0.2, 0.25) is 5.02 Å². The normalized spacial score (nSPS) is 15.6. The molecule has 1 aromatic carbocycles. The third-order valence-electron chi connectivity index (χ3n) is 5.97. The van der Waals surface area contributed by atoms with E-state index in [4.69, 9.17) is 16.6 Å². The zero-order valence-corrected chi connectivity index (χ0v) is 21.3. The van der Waals surface area contributed by atoms with E-state index < -0.39 is 10.0 Å². The lowest BCUT2D eigenvalue weighted by Gasteiger charge is -2.31. The van der Waals surface area contributed by atoms with Gasteiger partial charge in [0.2, 0.25) is 10.0 Å². The van der Waals surface area contributed by atoms with Gasteiger partial charge in [0.15, 0.2) is 5.65 Å². The summed E-state index contributed by atoms with van der Waals surface area (Å²) in [6.07, 6.45) is 6.62. The lowest BCUT2D eigenvalue weighted by atomic mass is 9.94. The average Bonchev–Trinajstić information content (AvgIpc) is 3.24. The number of benzene rings is 1. The molecule has 0 atom stereocenters. The van der Waals surface area contributed by atoms with Crippen molar-refractivity contribution in [1.29, 1.82) is 0 Å². The van der Waals surface area contributed by atoms with Gasteiger partial charge in [-0.05, 0) is 52.5 Å². The highest BCUT2D eigenvalue weighted by Gasteiger charge is 2.32. The SMILES string of the molecule is O=S(=O)(c1ccccc1Cl)N1CCC(c2cc(NCc3cccnc3)n3ncc(Br)c3n2)CC1. The van der Waals surface area contributed by atoms with E-state index in [1.807, 2.05) is 24.4 Å². The number of rotatable bonds is 6. The van der Waals surface area contributed by atoms with Crippen LogP contribution in [0, 0.1) is 0 Å². The summed E-state index contributed by atoms with van der Waals surface area (Å²) >= 11 is 9.70. The minimum atomic E-state index is -3.64. The van der Waals surface area contributed by atoms with Crippen molar-refractivity contribution in [2.75, 3.05) is 18.4 Å². The Bertz CT molecular complexity index is 1420. The monoisotopic (exact) mass is 560 g/mol. The number of sulfonamides is 1. The molecular weight excluding hydrogens is 540 g/mol. The number of anilines is 1. The Morgan fingerprint density at radius 2 is 1.91 bits per heavy atom. The van der Waals surface area contributed by atoms with Crippen molar-refractivity contribution in [3.63, 3.8) is 0 Å². The highest BCUT2D eigenvalue weighted by atomic mass is 79.9. The molecule has 0 amide bonds. The molecule has 3 aromatic heterocycles. The first-order valence-corrected chi connectivity index (χ1v) is 13.5. The van der Waals surface area contributed by atoms with Crippen LogP contribution in [-0.4, -0.2) is 45.4 Å². The number of pyridine rings is 1. The summed E-state index contributed by atoms with van der Waals surface area (Å²) in [7, 11) is -3.64. The van der Waals surface area contributed by atoms with Crippen molar-refractivity contribution in [2.24, 2.45) is 0 Å². The van der Waals surface area contributed by atoms with E-state index in [2.05, 4.69) is 31.3 Å². The molecule has 0 spiro atoms. The second-order valence-electron chi connectivity index (χ2n) is 8.12. The Kier molecular flexibility index (Phi) is 6.57. The molecule has 4 aromatic rings. The molecule has 1 fully saturated rings. The summed E-state index contributed by atoms with van der Waals surface area (Å²) in [6.45, 7) is 1.41. The van der Waals surface area contributed by atoms with Gasteiger partial charge in [0.25, 0.3) is 0 Å². The van der Waals surface area contributed by atoms with Crippen LogP contribution in [0.25, 0.3) is 5.65 Å². The van der Waals surface area contributed by atoms with Gasteiger partial charge in [-0.3, -0.25) is 4.98 Å². The molecule has 1 aliphatic rings. The van der Waals surface area contributed by atoms with Crippen molar-refractivity contribution in [3.8, 4) is 0 Å². The standard InChI is InChI=1S/C23H22BrClN6O2S/c24-18-15-28-31-22(27-14-16-4-3-9-26-13-16)12-20(29-23(18)31)17-7-10-30(11-8-17)34(32,33)21-6-2-1-5-19(21)25/h1-6,9,12-13,15,17,27H,7-8,10-11,14H2. The van der Waals surface area contributed by atoms with E-state index in [1.165, 1.54) is 4.31 Å². The Hall–Kier alpha value is -2.53. The van der Waals surface area contributed by atoms with Crippen molar-refractivity contribution >= 4 is 49.0 Å². The second kappa shape index (κ2) is 9.61. The predicted octanol–water partition coefficient (Wildman–Crippen LogP) is 4.72. The van der Waals surface area contributed by atoms with Gasteiger partial charge in [-0.15, -0.1) is 0 Å². The molecule has 0 unspecified atom stereocenters. The number of piperidine rings is 1. The third kappa shape index (κ3) is 4.55. The van der Waals surface area contributed by atoms with Gasteiger partial charge in [-0.25, -0.2) is 13.4 Å². The van der Waals surface area contributed by atoms with E-state index in [9.17, 15) is 8.42 Å². The molecule has 5 rings (SSSR count). The van der Waals surface area contributed by atoms with Gasteiger partial charge in [0, 0.05) is 49.7 Å². The maximum absolute atomic E-state index is 13.1. The number of aromatic nitrogens is 4. The number of nitrogens with one attached hydrogen (secondary N) is 1. The molecule has 8 nitrogen and oxygen atoms in total. The third-order valence-corrected chi connectivity index (χ3v) is 8.93. The number of nitrogens with zero attached hydrogens (tertiary/aromatic N) is 5. The van der Waals surface area contributed by atoms with Crippen molar-refractivity contribution in [1.82, 2.24) is 23.9 Å². The fourth-order valence-electron chi connectivity index (χ4n) is 4.17. The molecule has 0 bridgehead atoms. The maximum atomic E-state index is 13.1. The maximum Gasteiger partial charge on any atom is 0.244 e. The molecule has 1 aliphatic heterocycles. The molecule has 0 aliphatic carbocycles. The Balaban J connectivity index is 1.37. The van der Waals surface area contributed by atoms with Gasteiger partial charge < -0.3 is 5.32 Å². The Morgan fingerprint density at radius 1 is 1.12 bits per heavy atom. The van der Waals surface area contributed by atoms with E-state index in [-0.39, 0.29) is 15.8 Å². The van der Waals surface area contributed by atoms with E-state index >= 15 is 0 Å². The highest BCUT2D eigenvalue weighted by Crippen LogP contribution is 2.33. The molecule has 4 heterocycles. The predicted molar refractivity (Wildman–Crippen MR) is 134 cm³/mol. The van der Waals surface area contributed by atoms with Crippen molar-refractivity contribution in [2.45, 2.75) is 30.2 Å². The number of hydrogen-bond donors (Lipinski definition) is 1. The van der Waals surface area contributed by atoms with Crippen LogP contribution in [0.1, 0.15) is 30.0 Å². The first-order chi connectivity index (χ1) is 16.4. The molecule has 11 heteroatoms. The smallest absolute Gasteiger partial charge is 0.244 e. The molecule has 176 valence electrons. The largest absolute Gasteiger partial charge is 0.366 e. The molecule has 1 N–H and O–H groups in total. The van der Waals surface area contributed by atoms with E-state index in [1.54, 1.807) is 41.2 Å². The van der Waals surface area contributed by atoms with Crippen LogP contribution in [0.15, 0.2) is 70.4 Å². The van der Waals surface area contributed by atoms with Crippen LogP contribution in [0.4, 0.5) is 5.82 Å². The van der Waals surface area contributed by atoms with Gasteiger partial charge in [0.05, 0.1) is 15.7 Å². The summed E-state index contributed by atoms with van der Waals surface area (Å²) in [5.74, 6) is 0.948. The molecule has 34 heavy (non-hydrogen) atoms. The number of hydrogen-bond acceptors (Lipinski definition) is 6. The Morgan fingerprint density at radius 3 is 2.65 bits per heavy atom. The van der Waals surface area contributed by atoms with E-state index in [0.29, 0.717) is 32.5 Å². The van der Waals surface area contributed by atoms with Crippen LogP contribution in [0.5, 0.6) is 0 Å². The fraction of sp³-hybridized carbons (Fsp3) is 0.261. The Labute approximate surface area is 211 Å². The minimum Gasteiger partial charge on any atom is -0.366 e. The molecule has 1 saturated heterocycles.